The van der Waals surface area contributed by atoms with Gasteiger partial charge in [0.1, 0.15) is 24.4 Å². The molecule has 3 aliphatic rings. The van der Waals surface area contributed by atoms with Crippen molar-refractivity contribution < 1.29 is 45.8 Å². The first-order valence-electron chi connectivity index (χ1n) is 12.9. The van der Waals surface area contributed by atoms with E-state index in [1.54, 1.807) is 35.2 Å². The summed E-state index contributed by atoms with van der Waals surface area (Å²) in [6, 6.07) is 9.49. The highest BCUT2D eigenvalue weighted by molar-refractivity contribution is 6.08. The van der Waals surface area contributed by atoms with Crippen molar-refractivity contribution >= 4 is 23.3 Å². The fraction of sp³-hybridized carbons (Fsp3) is 0.429. The van der Waals surface area contributed by atoms with Crippen molar-refractivity contribution in [2.75, 3.05) is 24.5 Å². The van der Waals surface area contributed by atoms with Gasteiger partial charge in [0, 0.05) is 37.3 Å². The lowest BCUT2D eigenvalue weighted by molar-refractivity contribution is -0.190. The summed E-state index contributed by atoms with van der Waals surface area (Å²) in [5.41, 5.74) is -0.954. The molecule has 1 aromatic heterocycles. The van der Waals surface area contributed by atoms with Crippen molar-refractivity contribution in [1.82, 2.24) is 4.98 Å². The van der Waals surface area contributed by atoms with Crippen LogP contribution in [0.5, 0.6) is 0 Å². The fourth-order valence-electron chi connectivity index (χ4n) is 5.61. The second-order valence-electron chi connectivity index (χ2n) is 10.2. The quantitative estimate of drug-likeness (QED) is 0.398. The van der Waals surface area contributed by atoms with Gasteiger partial charge < -0.3 is 14.7 Å². The number of hydrogen-bond donors (Lipinski definition) is 1. The largest absolute Gasteiger partial charge is 0.457 e. The summed E-state index contributed by atoms with van der Waals surface area (Å²) in [6.07, 6.45) is -11.0. The van der Waals surface area contributed by atoms with Gasteiger partial charge in [-0.2, -0.15) is 26.3 Å². The molecule has 0 spiro atoms. The molecule has 0 radical (unpaired) electrons. The molecule has 13 heteroatoms. The van der Waals surface area contributed by atoms with Crippen LogP contribution in [0.4, 0.5) is 32.2 Å². The highest BCUT2D eigenvalue weighted by atomic mass is 19.4. The molecule has 0 bridgehead atoms. The molecule has 0 unspecified atom stereocenters. The van der Waals surface area contributed by atoms with Gasteiger partial charge in [-0.1, -0.05) is 30.3 Å². The van der Waals surface area contributed by atoms with Gasteiger partial charge in [-0.3, -0.25) is 9.79 Å². The third-order valence-corrected chi connectivity index (χ3v) is 7.63. The summed E-state index contributed by atoms with van der Waals surface area (Å²) in [5.74, 6) is -4.69. The van der Waals surface area contributed by atoms with Crippen LogP contribution >= 0.6 is 0 Å². The van der Waals surface area contributed by atoms with Gasteiger partial charge in [0.25, 0.3) is 0 Å². The maximum Gasteiger partial charge on any atom is 0.418 e. The van der Waals surface area contributed by atoms with E-state index >= 15 is 0 Å². The molecular weight excluding hydrogens is 556 g/mol. The Balaban J connectivity index is 1.32. The minimum absolute atomic E-state index is 0.0369. The van der Waals surface area contributed by atoms with Crippen LogP contribution in [-0.4, -0.2) is 59.5 Å². The molecule has 41 heavy (non-hydrogen) atoms. The van der Waals surface area contributed by atoms with Gasteiger partial charge >= 0.3 is 18.3 Å². The van der Waals surface area contributed by atoms with E-state index in [1.807, 2.05) is 0 Å². The molecule has 7 nitrogen and oxygen atoms in total. The van der Waals surface area contributed by atoms with Crippen LogP contribution in [0.25, 0.3) is 0 Å². The average Bonchev–Trinajstić information content (AvgIpc) is 3.34. The first-order chi connectivity index (χ1) is 19.3. The van der Waals surface area contributed by atoms with E-state index in [4.69, 9.17) is 4.74 Å². The summed E-state index contributed by atoms with van der Waals surface area (Å²) in [5, 5.41) is 10.1. The Morgan fingerprint density at radius 1 is 1.07 bits per heavy atom. The van der Waals surface area contributed by atoms with Gasteiger partial charge in [0.05, 0.1) is 17.7 Å². The molecule has 1 aromatic carbocycles. The third-order valence-electron chi connectivity index (χ3n) is 7.63. The summed E-state index contributed by atoms with van der Waals surface area (Å²) in [6.45, 7) is 0.187. The van der Waals surface area contributed by atoms with Crippen molar-refractivity contribution in [3.8, 4) is 0 Å². The zero-order valence-corrected chi connectivity index (χ0v) is 21.5. The van der Waals surface area contributed by atoms with E-state index < -0.39 is 53.2 Å². The lowest BCUT2D eigenvalue weighted by Crippen LogP contribution is -2.46. The Hall–Kier alpha value is -3.74. The molecule has 1 N–H and O–H groups in total. The number of carbonyl (C=O) groups is 2. The van der Waals surface area contributed by atoms with Gasteiger partial charge in [0.2, 0.25) is 0 Å². The molecule has 1 fully saturated rings. The summed E-state index contributed by atoms with van der Waals surface area (Å²) in [7, 11) is 0. The standard InChI is InChI=1S/C28H25F6N3O4/c29-27(30,31)19-13-35-21(11-18(19)26(40)41-14-15-4-2-1-3-5-15)37-8-6-16(7-9-37)24-22-17(12-36-24)10-20(38)25(39)23(22)28(32,33)34/h1-5,11,13,16,23,25,39H,6-10,12,14H2/t23-,25+/m1/s1. The number of aromatic nitrogens is 1. The summed E-state index contributed by atoms with van der Waals surface area (Å²) >= 11 is 0. The van der Waals surface area contributed by atoms with Gasteiger partial charge in [0.15, 0.2) is 5.78 Å². The van der Waals surface area contributed by atoms with Crippen molar-refractivity contribution in [2.24, 2.45) is 16.8 Å². The SMILES string of the molecule is O=C(OCc1ccccc1)c1cc(N2CCC(C3=NCC4=C3[C@@H](C(F)(F)F)[C@@H](O)C(=O)C4)CC2)ncc1C(F)(F)F. The molecule has 218 valence electrons. The Morgan fingerprint density at radius 2 is 1.76 bits per heavy atom. The number of ketones is 1. The van der Waals surface area contributed by atoms with Crippen LogP contribution in [-0.2, 0) is 22.3 Å². The van der Waals surface area contributed by atoms with Crippen LogP contribution in [0.2, 0.25) is 0 Å². The lowest BCUT2D eigenvalue weighted by atomic mass is 9.74. The second-order valence-corrected chi connectivity index (χ2v) is 10.2. The van der Waals surface area contributed by atoms with Gasteiger partial charge in [-0.15, -0.1) is 0 Å². The number of halogens is 6. The number of hydrogen-bond acceptors (Lipinski definition) is 7. The van der Waals surface area contributed by atoms with Crippen LogP contribution in [0, 0.1) is 11.8 Å². The van der Waals surface area contributed by atoms with Crippen molar-refractivity contribution in [3.63, 3.8) is 0 Å². The number of pyridine rings is 1. The number of carbonyl (C=O) groups excluding carboxylic acids is 2. The maximum absolute atomic E-state index is 13.9. The predicted molar refractivity (Wildman–Crippen MR) is 134 cm³/mol. The van der Waals surface area contributed by atoms with Crippen LogP contribution < -0.4 is 4.90 Å². The average molecular weight is 582 g/mol. The molecule has 1 saturated heterocycles. The smallest absolute Gasteiger partial charge is 0.418 e. The minimum Gasteiger partial charge on any atom is -0.457 e. The molecule has 2 aromatic rings. The Bertz CT molecular complexity index is 1400. The van der Waals surface area contributed by atoms with Crippen LogP contribution in [0.3, 0.4) is 0 Å². The number of esters is 1. The van der Waals surface area contributed by atoms with E-state index in [9.17, 15) is 41.0 Å². The zero-order valence-electron chi connectivity index (χ0n) is 21.5. The molecule has 3 heterocycles. The zero-order chi connectivity index (χ0) is 29.5. The molecule has 2 atom stereocenters. The topological polar surface area (TPSA) is 92.1 Å². The first-order valence-corrected chi connectivity index (χ1v) is 12.9. The number of anilines is 1. The number of Topliss-reactive ketones (excluding diaryl/α,β-unsaturated/α-hetero) is 1. The van der Waals surface area contributed by atoms with E-state index in [2.05, 4.69) is 9.98 Å². The second kappa shape index (κ2) is 10.9. The number of aliphatic imine (C=N–C) groups is 1. The highest BCUT2D eigenvalue weighted by Crippen LogP contribution is 2.45. The number of ether oxygens (including phenoxy) is 1. The number of aliphatic hydroxyl groups is 1. The number of benzene rings is 1. The normalized spacial score (nSPS) is 22.1. The summed E-state index contributed by atoms with van der Waals surface area (Å²) < 4.78 is 87.8. The van der Waals surface area contributed by atoms with Crippen LogP contribution in [0.15, 0.2) is 58.7 Å². The Labute approximate surface area is 230 Å². The molecular formula is C28H25F6N3O4. The van der Waals surface area contributed by atoms with E-state index in [0.29, 0.717) is 24.6 Å². The minimum atomic E-state index is -4.85. The third kappa shape index (κ3) is 5.85. The molecule has 0 amide bonds. The summed E-state index contributed by atoms with van der Waals surface area (Å²) in [4.78, 5) is 34.6. The van der Waals surface area contributed by atoms with E-state index in [1.165, 1.54) is 0 Å². The van der Waals surface area contributed by atoms with Crippen molar-refractivity contribution in [3.05, 3.63) is 70.4 Å². The predicted octanol–water partition coefficient (Wildman–Crippen LogP) is 4.94. The lowest BCUT2D eigenvalue weighted by Gasteiger charge is -2.36. The number of alkyl halides is 6. The number of aliphatic hydroxyl groups excluding tert-OH is 1. The fourth-order valence-corrected chi connectivity index (χ4v) is 5.61. The Morgan fingerprint density at radius 3 is 2.39 bits per heavy atom. The molecule has 1 aliphatic carbocycles. The van der Waals surface area contributed by atoms with Crippen LogP contribution in [0.1, 0.15) is 40.7 Å². The maximum atomic E-state index is 13.9. The highest BCUT2D eigenvalue weighted by Gasteiger charge is 2.54. The van der Waals surface area contributed by atoms with E-state index in [-0.39, 0.29) is 55.3 Å². The Kier molecular flexibility index (Phi) is 7.66. The number of piperidine rings is 1. The molecule has 2 aliphatic heterocycles. The number of rotatable bonds is 5. The first kappa shape index (κ1) is 28.8. The number of nitrogens with zero attached hydrogens (tertiary/aromatic N) is 3. The van der Waals surface area contributed by atoms with Crippen molar-refractivity contribution in [1.29, 1.82) is 0 Å². The molecule has 5 rings (SSSR count). The van der Waals surface area contributed by atoms with Gasteiger partial charge in [-0.05, 0) is 35.6 Å². The monoisotopic (exact) mass is 581 g/mol. The van der Waals surface area contributed by atoms with Gasteiger partial charge in [-0.25, -0.2) is 9.78 Å². The van der Waals surface area contributed by atoms with E-state index in [0.717, 1.165) is 6.07 Å². The van der Waals surface area contributed by atoms with Crippen molar-refractivity contribution in [2.45, 2.75) is 44.3 Å². The molecule has 0 saturated carbocycles.